The first-order valence-electron chi connectivity index (χ1n) is 20.3. The lowest BCUT2D eigenvalue weighted by molar-refractivity contribution is -0.363. The lowest BCUT2D eigenvalue weighted by atomic mass is 9.88. The summed E-state index contributed by atoms with van der Waals surface area (Å²) in [6.45, 7) is 0.392. The Morgan fingerprint density at radius 1 is 0.723 bits per heavy atom. The number of amides is 1. The van der Waals surface area contributed by atoms with Crippen LogP contribution in [0.2, 0.25) is 5.02 Å². The molecule has 0 unspecified atom stereocenters. The van der Waals surface area contributed by atoms with E-state index in [-0.39, 0.29) is 17.7 Å². The molecule has 1 fully saturated rings. The number of pyridine rings is 2. The quantitative estimate of drug-likeness (QED) is 0.0386. The lowest BCUT2D eigenvalue weighted by Crippen LogP contribution is -2.46. The number of primary amides is 1. The van der Waals surface area contributed by atoms with Crippen molar-refractivity contribution in [2.24, 2.45) is 5.73 Å². The average molecular weight is 900 g/mol. The van der Waals surface area contributed by atoms with Crippen LogP contribution in [0.4, 0.5) is 46.3 Å². The van der Waals surface area contributed by atoms with Crippen LogP contribution in [0.3, 0.4) is 0 Å². The number of halogens is 1. The molecule has 20 heteroatoms. The smallest absolute Gasteiger partial charge is 0.269 e. The van der Waals surface area contributed by atoms with E-state index in [1.165, 1.54) is 19.4 Å². The number of nitrogens with zero attached hydrogens (tertiary/aromatic N) is 8. The Labute approximate surface area is 379 Å². The molecule has 0 bridgehead atoms. The molecule has 1 aliphatic rings. The Balaban J connectivity index is 0.835. The fourth-order valence-corrected chi connectivity index (χ4v) is 7.02. The van der Waals surface area contributed by atoms with Crippen LogP contribution in [0.15, 0.2) is 104 Å². The maximum Gasteiger partial charge on any atom is 0.269 e. The summed E-state index contributed by atoms with van der Waals surface area (Å²) in [6, 6.07) is 24.3. The molecule has 0 spiro atoms. The van der Waals surface area contributed by atoms with Gasteiger partial charge >= 0.3 is 0 Å². The minimum Gasteiger partial charge on any atom is -0.493 e. The number of aromatic nitrogens is 6. The summed E-state index contributed by atoms with van der Waals surface area (Å²) in [6.07, 6.45) is 8.46. The van der Waals surface area contributed by atoms with Gasteiger partial charge in [-0.3, -0.25) is 9.78 Å². The molecule has 1 saturated carbocycles. The van der Waals surface area contributed by atoms with Crippen LogP contribution >= 0.6 is 11.6 Å². The second kappa shape index (κ2) is 19.9. The maximum absolute atomic E-state index is 11.9. The molecule has 4 heterocycles. The van der Waals surface area contributed by atoms with Crippen LogP contribution in [-0.2, 0) is 11.5 Å². The van der Waals surface area contributed by atoms with Gasteiger partial charge in [-0.1, -0.05) is 28.7 Å². The highest BCUT2D eigenvalue weighted by Gasteiger charge is 2.33. The zero-order chi connectivity index (χ0) is 45.5. The average Bonchev–Trinajstić information content (AvgIpc) is 3.27. The number of fused-ring (bicyclic) bond motifs is 1. The monoisotopic (exact) mass is 899 g/mol. The third-order valence-corrected chi connectivity index (χ3v) is 10.5. The number of hydroxylamine groups is 2. The number of rotatable bonds is 19. The molecule has 19 nitrogen and oxygen atoms in total. The topological polar surface area (TPSA) is 221 Å². The number of ether oxygens (including phenoxy) is 3. The molecule has 334 valence electrons. The Morgan fingerprint density at radius 2 is 1.38 bits per heavy atom. The zero-order valence-electron chi connectivity index (χ0n) is 36.1. The van der Waals surface area contributed by atoms with Crippen LogP contribution < -0.4 is 46.1 Å². The van der Waals surface area contributed by atoms with Gasteiger partial charge < -0.3 is 51.0 Å². The molecule has 0 aliphatic heterocycles. The van der Waals surface area contributed by atoms with Crippen LogP contribution in [0.25, 0.3) is 10.9 Å². The molecular weight excluding hydrogens is 854 g/mol. The predicted octanol–water partition coefficient (Wildman–Crippen LogP) is 7.78. The summed E-state index contributed by atoms with van der Waals surface area (Å²) >= 11 is 6.08. The Kier molecular flexibility index (Phi) is 13.5. The van der Waals surface area contributed by atoms with Gasteiger partial charge in [-0.2, -0.15) is 9.97 Å². The number of hydrogen-bond donors (Lipinski definition) is 5. The molecule has 8 rings (SSSR count). The van der Waals surface area contributed by atoms with E-state index in [0.29, 0.717) is 69.6 Å². The number of hydrogen-bond acceptors (Lipinski definition) is 18. The molecule has 0 saturated heterocycles. The molecule has 4 aromatic heterocycles. The minimum atomic E-state index is -0.714. The van der Waals surface area contributed by atoms with Gasteiger partial charge in [0.25, 0.3) is 5.91 Å². The number of methoxy groups -OCH3 is 2. The normalized spacial score (nSPS) is 14.4. The number of nitrogens with one attached hydrogen (secondary N) is 4. The fraction of sp³-hybridized carbons (Fsp3) is 0.222. The zero-order valence-corrected chi connectivity index (χ0v) is 36.8. The number of carbonyl (C=O) groups is 1. The van der Waals surface area contributed by atoms with Gasteiger partial charge in [-0.15, -0.1) is 5.06 Å². The Morgan fingerprint density at radius 3 is 2.05 bits per heavy atom. The van der Waals surface area contributed by atoms with Crippen molar-refractivity contribution in [3.8, 4) is 23.0 Å². The number of carbonyl (C=O) groups excluding carboxylic acids is 1. The molecule has 65 heavy (non-hydrogen) atoms. The summed E-state index contributed by atoms with van der Waals surface area (Å²) in [7, 11) is 9.08. The van der Waals surface area contributed by atoms with Gasteiger partial charge in [0, 0.05) is 60.6 Å². The van der Waals surface area contributed by atoms with E-state index in [4.69, 9.17) is 46.4 Å². The van der Waals surface area contributed by atoms with Crippen molar-refractivity contribution in [3.05, 3.63) is 120 Å². The maximum atomic E-state index is 11.9. The largest absolute Gasteiger partial charge is 0.493 e. The van der Waals surface area contributed by atoms with Crippen LogP contribution in [0.1, 0.15) is 28.9 Å². The molecule has 1 aliphatic carbocycles. The van der Waals surface area contributed by atoms with Gasteiger partial charge in [0.05, 0.1) is 48.9 Å². The third-order valence-electron chi connectivity index (χ3n) is 10.3. The molecule has 1 amide bonds. The first-order valence-corrected chi connectivity index (χ1v) is 20.7. The SMILES string of the molecule is COc1cc(Nc2nccc(Nc3cc(Cl)cnc3C(N)=O)n2)ccc1OON(C)Cc1ccc2cc(Nc3ccnc(Nc4ccc(OC5CC(N(C)C)C5)c(OC)c4)n3)cnc2c1. The highest BCUT2D eigenvalue weighted by atomic mass is 35.5. The highest BCUT2D eigenvalue weighted by molar-refractivity contribution is 6.30. The first-order chi connectivity index (χ1) is 31.5. The summed E-state index contributed by atoms with van der Waals surface area (Å²) in [4.78, 5) is 51.9. The molecule has 6 N–H and O–H groups in total. The standard InChI is InChI=1S/C45H46ClN13O6/c1-58(2)32-21-33(22-32)63-36-10-8-29(19-38(36)61-4)53-44-48-14-12-40(56-44)52-31-17-27-7-6-26(16-34(27)50-24-31)25-59(3)65-64-37-11-9-30(20-39(37)62-5)54-45-49-15-13-41(57-45)55-35-18-28(46)23-51-42(35)43(47)60/h6-20,23-24,32-33H,21-22,25H2,1-5H3,(H2,47,60)(H2,48,52,53,56)(H2,49,54,55,57). The van der Waals surface area contributed by atoms with E-state index in [2.05, 4.69) is 65.2 Å². The van der Waals surface area contributed by atoms with E-state index in [1.807, 2.05) is 42.5 Å². The molecule has 0 atom stereocenters. The second-order valence-electron chi connectivity index (χ2n) is 15.2. The fourth-order valence-electron chi connectivity index (χ4n) is 6.87. The van der Waals surface area contributed by atoms with Crippen molar-refractivity contribution in [1.82, 2.24) is 39.9 Å². The van der Waals surface area contributed by atoms with Crippen LogP contribution in [0, 0.1) is 0 Å². The first kappa shape index (κ1) is 44.0. The summed E-state index contributed by atoms with van der Waals surface area (Å²) in [5.41, 5.74) is 9.67. The molecule has 3 aromatic carbocycles. The van der Waals surface area contributed by atoms with Crippen LogP contribution in [-0.4, -0.2) is 93.3 Å². The van der Waals surface area contributed by atoms with Gasteiger partial charge in [-0.05, 0) is 87.1 Å². The predicted molar refractivity (Wildman–Crippen MR) is 247 cm³/mol. The number of anilines is 8. The van der Waals surface area contributed by atoms with Crippen molar-refractivity contribution in [2.45, 2.75) is 31.5 Å². The van der Waals surface area contributed by atoms with Crippen molar-refractivity contribution in [2.75, 3.05) is 56.6 Å². The van der Waals surface area contributed by atoms with E-state index in [1.54, 1.807) is 68.1 Å². The summed E-state index contributed by atoms with van der Waals surface area (Å²) in [5, 5.41) is 15.5. The number of nitrogens with two attached hydrogens (primary N) is 1. The minimum absolute atomic E-state index is 0.0194. The molecule has 0 radical (unpaired) electrons. The van der Waals surface area contributed by atoms with Crippen molar-refractivity contribution in [3.63, 3.8) is 0 Å². The van der Waals surface area contributed by atoms with Crippen LogP contribution in [0.5, 0.6) is 23.0 Å². The van der Waals surface area contributed by atoms with Crippen molar-refractivity contribution in [1.29, 1.82) is 0 Å². The Hall–Kier alpha value is -7.58. The summed E-state index contributed by atoms with van der Waals surface area (Å²) in [5.74, 6) is 3.00. The number of benzene rings is 3. The van der Waals surface area contributed by atoms with Gasteiger partial charge in [-0.25, -0.2) is 15.0 Å². The summed E-state index contributed by atoms with van der Waals surface area (Å²) < 4.78 is 17.4. The van der Waals surface area contributed by atoms with Gasteiger partial charge in [0.1, 0.15) is 17.7 Å². The Bertz CT molecular complexity index is 2810. The van der Waals surface area contributed by atoms with Gasteiger partial charge in [0.15, 0.2) is 22.9 Å². The molecule has 7 aromatic rings. The third kappa shape index (κ3) is 11.1. The second-order valence-corrected chi connectivity index (χ2v) is 15.6. The lowest BCUT2D eigenvalue weighted by Gasteiger charge is -2.39. The van der Waals surface area contributed by atoms with Crippen molar-refractivity contribution < 1.29 is 28.9 Å². The van der Waals surface area contributed by atoms with Gasteiger partial charge in [0.2, 0.25) is 17.6 Å². The van der Waals surface area contributed by atoms with E-state index >= 15 is 0 Å². The highest BCUT2D eigenvalue weighted by Crippen LogP contribution is 2.36. The van der Waals surface area contributed by atoms with Crippen molar-refractivity contribution >= 4 is 74.7 Å². The van der Waals surface area contributed by atoms with E-state index < -0.39 is 5.91 Å². The molecular formula is C45H46ClN13O6. The van der Waals surface area contributed by atoms with E-state index in [9.17, 15) is 4.79 Å². The van der Waals surface area contributed by atoms with E-state index in [0.717, 1.165) is 40.7 Å².